The minimum Gasteiger partial charge on any atom is -0.459 e. The molecular formula is C18H21ClN2O2S. The lowest BCUT2D eigenvalue weighted by Crippen LogP contribution is -2.48. The Hall–Kier alpha value is -1.59. The van der Waals surface area contributed by atoms with E-state index in [1.807, 2.05) is 49.9 Å². The average Bonchev–Trinajstić information content (AvgIpc) is 3.31. The largest absolute Gasteiger partial charge is 0.459 e. The number of ether oxygens (including phenoxy) is 1. The Kier molecular flexibility index (Phi) is 4.83. The molecule has 1 saturated carbocycles. The van der Waals surface area contributed by atoms with E-state index in [-0.39, 0.29) is 12.1 Å². The van der Waals surface area contributed by atoms with Crippen LogP contribution >= 0.6 is 23.8 Å². The SMILES string of the molecule is CC1=C(C(=O)OC(C)C)C(c2ccccc2Cl)NC(=S)N1C1CC1. The highest BCUT2D eigenvalue weighted by atomic mass is 35.5. The van der Waals surface area contributed by atoms with E-state index in [9.17, 15) is 4.79 Å². The predicted molar refractivity (Wildman–Crippen MR) is 98.7 cm³/mol. The monoisotopic (exact) mass is 364 g/mol. The highest BCUT2D eigenvalue weighted by Gasteiger charge is 2.41. The number of nitrogens with zero attached hydrogens (tertiary/aromatic N) is 1. The molecule has 3 rings (SSSR count). The molecule has 0 amide bonds. The molecule has 0 bridgehead atoms. The zero-order valence-electron chi connectivity index (χ0n) is 14.0. The van der Waals surface area contributed by atoms with Crippen LogP contribution in [-0.2, 0) is 9.53 Å². The van der Waals surface area contributed by atoms with Gasteiger partial charge in [-0.1, -0.05) is 29.8 Å². The van der Waals surface area contributed by atoms with Crippen molar-refractivity contribution in [2.45, 2.75) is 51.8 Å². The van der Waals surface area contributed by atoms with Gasteiger partial charge >= 0.3 is 5.97 Å². The maximum absolute atomic E-state index is 12.8. The Balaban J connectivity index is 2.07. The highest BCUT2D eigenvalue weighted by Crippen LogP contribution is 2.39. The lowest BCUT2D eigenvalue weighted by Gasteiger charge is -2.38. The van der Waals surface area contributed by atoms with Crippen LogP contribution in [0.15, 0.2) is 35.5 Å². The first-order valence-electron chi connectivity index (χ1n) is 8.16. The second-order valence-corrected chi connectivity index (χ2v) is 7.25. The van der Waals surface area contributed by atoms with Crippen LogP contribution in [0.2, 0.25) is 5.02 Å². The summed E-state index contributed by atoms with van der Waals surface area (Å²) in [6.45, 7) is 5.63. The van der Waals surface area contributed by atoms with Crippen LogP contribution in [0.5, 0.6) is 0 Å². The third-order valence-corrected chi connectivity index (χ3v) is 4.88. The molecule has 1 aliphatic carbocycles. The topological polar surface area (TPSA) is 41.6 Å². The Morgan fingerprint density at radius 1 is 1.38 bits per heavy atom. The average molecular weight is 365 g/mol. The molecule has 128 valence electrons. The zero-order valence-corrected chi connectivity index (χ0v) is 15.6. The summed E-state index contributed by atoms with van der Waals surface area (Å²) < 4.78 is 5.49. The highest BCUT2D eigenvalue weighted by molar-refractivity contribution is 7.80. The molecule has 1 fully saturated rings. The standard InChI is InChI=1S/C18H21ClN2O2S/c1-10(2)23-17(22)15-11(3)21(12-8-9-12)18(24)20-16(15)13-6-4-5-7-14(13)19/h4-7,10,12,16H,8-9H2,1-3H3,(H,20,24). The van der Waals surface area contributed by atoms with E-state index in [1.54, 1.807) is 0 Å². The van der Waals surface area contributed by atoms with Gasteiger partial charge in [-0.25, -0.2) is 4.79 Å². The van der Waals surface area contributed by atoms with Crippen LogP contribution in [-0.4, -0.2) is 28.1 Å². The van der Waals surface area contributed by atoms with Crippen LogP contribution in [0, 0.1) is 0 Å². The Morgan fingerprint density at radius 2 is 2.04 bits per heavy atom. The van der Waals surface area contributed by atoms with Gasteiger partial charge in [-0.05, 0) is 57.5 Å². The molecule has 1 heterocycles. The van der Waals surface area contributed by atoms with Crippen molar-refractivity contribution < 1.29 is 9.53 Å². The molecule has 0 radical (unpaired) electrons. The fourth-order valence-electron chi connectivity index (χ4n) is 3.01. The maximum Gasteiger partial charge on any atom is 0.338 e. The quantitative estimate of drug-likeness (QED) is 0.647. The minimum absolute atomic E-state index is 0.187. The smallest absolute Gasteiger partial charge is 0.338 e. The van der Waals surface area contributed by atoms with Gasteiger partial charge in [-0.3, -0.25) is 0 Å². The molecular weight excluding hydrogens is 344 g/mol. The molecule has 6 heteroatoms. The van der Waals surface area contributed by atoms with Gasteiger partial charge in [-0.2, -0.15) is 0 Å². The number of nitrogens with one attached hydrogen (secondary N) is 1. The lowest BCUT2D eigenvalue weighted by molar-refractivity contribution is -0.143. The third kappa shape index (κ3) is 3.28. The van der Waals surface area contributed by atoms with E-state index in [4.69, 9.17) is 28.6 Å². The maximum atomic E-state index is 12.8. The van der Waals surface area contributed by atoms with Crippen LogP contribution in [0.25, 0.3) is 0 Å². The van der Waals surface area contributed by atoms with Crippen molar-refractivity contribution in [3.63, 3.8) is 0 Å². The summed E-state index contributed by atoms with van der Waals surface area (Å²) >= 11 is 11.9. The fourth-order valence-corrected chi connectivity index (χ4v) is 3.66. The summed E-state index contributed by atoms with van der Waals surface area (Å²) in [6, 6.07) is 7.47. The first-order chi connectivity index (χ1) is 11.4. The van der Waals surface area contributed by atoms with E-state index in [1.165, 1.54) is 0 Å². The van der Waals surface area contributed by atoms with Gasteiger partial charge in [0.15, 0.2) is 5.11 Å². The second-order valence-electron chi connectivity index (χ2n) is 6.46. The summed E-state index contributed by atoms with van der Waals surface area (Å²) in [5.74, 6) is -0.326. The van der Waals surface area contributed by atoms with Gasteiger partial charge in [0.2, 0.25) is 0 Å². The molecule has 0 aromatic heterocycles. The molecule has 2 aliphatic rings. The summed E-state index contributed by atoms with van der Waals surface area (Å²) in [4.78, 5) is 14.8. The molecule has 1 aliphatic heterocycles. The number of benzene rings is 1. The normalized spacial score (nSPS) is 21.1. The van der Waals surface area contributed by atoms with Crippen LogP contribution in [0.4, 0.5) is 0 Å². The lowest BCUT2D eigenvalue weighted by atomic mass is 9.95. The summed E-state index contributed by atoms with van der Waals surface area (Å²) in [6.07, 6.45) is 1.98. The number of rotatable bonds is 4. The molecule has 1 atom stereocenters. The van der Waals surface area contributed by atoms with Crippen molar-refractivity contribution in [3.05, 3.63) is 46.1 Å². The first-order valence-corrected chi connectivity index (χ1v) is 8.94. The number of allylic oxidation sites excluding steroid dienone is 1. The van der Waals surface area contributed by atoms with E-state index in [0.717, 1.165) is 24.1 Å². The van der Waals surface area contributed by atoms with Gasteiger partial charge in [-0.15, -0.1) is 0 Å². The number of carbonyl (C=O) groups excluding carboxylic acids is 1. The van der Waals surface area contributed by atoms with Gasteiger partial charge in [0.25, 0.3) is 0 Å². The Labute approximate surface area is 152 Å². The molecule has 1 aromatic carbocycles. The second kappa shape index (κ2) is 6.73. The van der Waals surface area contributed by atoms with E-state index >= 15 is 0 Å². The molecule has 1 aromatic rings. The number of hydrogen-bond donors (Lipinski definition) is 1. The summed E-state index contributed by atoms with van der Waals surface area (Å²) in [7, 11) is 0. The number of esters is 1. The van der Waals surface area contributed by atoms with Gasteiger partial charge in [0.05, 0.1) is 17.7 Å². The third-order valence-electron chi connectivity index (χ3n) is 4.22. The number of thiocarbonyl (C=S) groups is 1. The van der Waals surface area contributed by atoms with E-state index in [0.29, 0.717) is 21.8 Å². The van der Waals surface area contributed by atoms with Crippen molar-refractivity contribution >= 4 is 34.9 Å². The van der Waals surface area contributed by atoms with Crippen molar-refractivity contribution in [2.24, 2.45) is 0 Å². The number of carbonyl (C=O) groups is 1. The predicted octanol–water partition coefficient (Wildman–Crippen LogP) is 3.96. The van der Waals surface area contributed by atoms with Gasteiger partial charge in [0.1, 0.15) is 0 Å². The number of halogens is 1. The minimum atomic E-state index is -0.396. The molecule has 24 heavy (non-hydrogen) atoms. The molecule has 0 saturated heterocycles. The van der Waals surface area contributed by atoms with E-state index in [2.05, 4.69) is 5.32 Å². The van der Waals surface area contributed by atoms with Crippen molar-refractivity contribution in [3.8, 4) is 0 Å². The molecule has 4 nitrogen and oxygen atoms in total. The van der Waals surface area contributed by atoms with Gasteiger partial charge in [0, 0.05) is 16.8 Å². The summed E-state index contributed by atoms with van der Waals surface area (Å²) in [5, 5.41) is 4.53. The first kappa shape index (κ1) is 17.2. The fraction of sp³-hybridized carbons (Fsp3) is 0.444. The van der Waals surface area contributed by atoms with Crippen molar-refractivity contribution in [1.82, 2.24) is 10.2 Å². The zero-order chi connectivity index (χ0) is 17.4. The van der Waals surface area contributed by atoms with Crippen LogP contribution in [0.1, 0.15) is 45.2 Å². The van der Waals surface area contributed by atoms with E-state index < -0.39 is 6.04 Å². The Morgan fingerprint density at radius 3 is 2.62 bits per heavy atom. The van der Waals surface area contributed by atoms with Crippen molar-refractivity contribution in [1.29, 1.82) is 0 Å². The van der Waals surface area contributed by atoms with Crippen LogP contribution < -0.4 is 5.32 Å². The number of hydrogen-bond acceptors (Lipinski definition) is 3. The Bertz CT molecular complexity index is 713. The molecule has 1 unspecified atom stereocenters. The van der Waals surface area contributed by atoms with Crippen LogP contribution in [0.3, 0.4) is 0 Å². The van der Waals surface area contributed by atoms with Gasteiger partial charge < -0.3 is 15.0 Å². The molecule has 0 spiro atoms. The summed E-state index contributed by atoms with van der Waals surface area (Å²) in [5.41, 5.74) is 2.26. The molecule has 1 N–H and O–H groups in total. The van der Waals surface area contributed by atoms with Crippen molar-refractivity contribution in [2.75, 3.05) is 0 Å².